The molecule has 2 heterocycles. The molecule has 2 amide bonds. The Morgan fingerprint density at radius 3 is 2.75 bits per heavy atom. The molecule has 7 heteroatoms. The van der Waals surface area contributed by atoms with E-state index in [1.165, 1.54) is 18.0 Å². The molecule has 1 unspecified atom stereocenters. The molecule has 1 saturated heterocycles. The highest BCUT2D eigenvalue weighted by Gasteiger charge is 2.35. The lowest BCUT2D eigenvalue weighted by atomic mass is 10.2. The molecular formula is C17H14N4O2S. The van der Waals surface area contributed by atoms with E-state index in [1.54, 1.807) is 47.5 Å². The lowest BCUT2D eigenvalue weighted by molar-refractivity contribution is -0.119. The zero-order chi connectivity index (χ0) is 16.9. The number of aromatic nitrogens is 1. The summed E-state index contributed by atoms with van der Waals surface area (Å²) in [5.74, 6) is 0.586. The van der Waals surface area contributed by atoms with Gasteiger partial charge in [0.2, 0.25) is 5.91 Å². The van der Waals surface area contributed by atoms with E-state index >= 15 is 0 Å². The van der Waals surface area contributed by atoms with E-state index in [9.17, 15) is 9.59 Å². The van der Waals surface area contributed by atoms with Crippen LogP contribution in [0.4, 0.5) is 5.69 Å². The van der Waals surface area contributed by atoms with E-state index in [4.69, 9.17) is 5.26 Å². The lowest BCUT2D eigenvalue weighted by Gasteiger charge is -2.23. The van der Waals surface area contributed by atoms with Crippen LogP contribution in [0.5, 0.6) is 0 Å². The fraction of sp³-hybridized carbons (Fsp3) is 0.176. The van der Waals surface area contributed by atoms with Crippen LogP contribution in [0.2, 0.25) is 0 Å². The zero-order valence-electron chi connectivity index (χ0n) is 12.7. The number of carbonyl (C=O) groups is 2. The molecule has 0 bridgehead atoms. The van der Waals surface area contributed by atoms with Gasteiger partial charge < -0.3 is 10.2 Å². The summed E-state index contributed by atoms with van der Waals surface area (Å²) in [5, 5.41) is 11.6. The monoisotopic (exact) mass is 338 g/mol. The molecule has 6 nitrogen and oxygen atoms in total. The van der Waals surface area contributed by atoms with Crippen LogP contribution in [-0.4, -0.2) is 39.4 Å². The number of nitriles is 1. The Hall–Kier alpha value is -2.85. The fourth-order valence-electron chi connectivity index (χ4n) is 2.37. The normalized spacial score (nSPS) is 16.5. The molecule has 120 valence electrons. The van der Waals surface area contributed by atoms with Crippen LogP contribution in [0.1, 0.15) is 15.9 Å². The molecule has 1 aliphatic heterocycles. The highest BCUT2D eigenvalue weighted by Crippen LogP contribution is 2.24. The number of pyridine rings is 1. The number of carbonyl (C=O) groups excluding carboxylic acids is 2. The molecule has 0 saturated carbocycles. The average Bonchev–Trinajstić information content (AvgIpc) is 3.12. The van der Waals surface area contributed by atoms with Crippen molar-refractivity contribution >= 4 is 29.3 Å². The highest BCUT2D eigenvalue weighted by molar-refractivity contribution is 7.99. The van der Waals surface area contributed by atoms with Gasteiger partial charge in [-0.3, -0.25) is 14.6 Å². The number of hydrogen-bond donors (Lipinski definition) is 1. The van der Waals surface area contributed by atoms with E-state index in [2.05, 4.69) is 10.3 Å². The number of nitrogens with zero attached hydrogens (tertiary/aromatic N) is 3. The molecular weight excluding hydrogens is 324 g/mol. The van der Waals surface area contributed by atoms with Crippen molar-refractivity contribution in [1.82, 2.24) is 9.88 Å². The van der Waals surface area contributed by atoms with Crippen LogP contribution in [0, 0.1) is 11.3 Å². The summed E-state index contributed by atoms with van der Waals surface area (Å²) in [6.45, 7) is 0. The van der Waals surface area contributed by atoms with Gasteiger partial charge in [-0.05, 0) is 36.4 Å². The molecule has 0 aliphatic carbocycles. The van der Waals surface area contributed by atoms with Crippen molar-refractivity contribution in [3.05, 3.63) is 59.9 Å². The van der Waals surface area contributed by atoms with Gasteiger partial charge in [-0.15, -0.1) is 11.8 Å². The number of thioether (sulfide) groups is 1. The smallest absolute Gasteiger partial charge is 0.256 e. The third-order valence-corrected chi connectivity index (χ3v) is 4.65. The molecule has 1 N–H and O–H groups in total. The van der Waals surface area contributed by atoms with E-state index in [-0.39, 0.29) is 11.8 Å². The Kier molecular flexibility index (Phi) is 4.77. The maximum absolute atomic E-state index is 12.6. The van der Waals surface area contributed by atoms with Crippen LogP contribution in [0.3, 0.4) is 0 Å². The molecule has 0 radical (unpaired) electrons. The van der Waals surface area contributed by atoms with Crippen LogP contribution in [0.15, 0.2) is 48.8 Å². The van der Waals surface area contributed by atoms with Crippen LogP contribution in [0.25, 0.3) is 0 Å². The summed E-state index contributed by atoms with van der Waals surface area (Å²) in [6, 6.07) is 11.5. The minimum atomic E-state index is -0.529. The Labute approximate surface area is 143 Å². The summed E-state index contributed by atoms with van der Waals surface area (Å²) in [5.41, 5.74) is 1.60. The Bertz CT molecular complexity index is 786. The number of benzene rings is 1. The van der Waals surface area contributed by atoms with Gasteiger partial charge in [0.05, 0.1) is 23.1 Å². The van der Waals surface area contributed by atoms with Gasteiger partial charge in [-0.1, -0.05) is 0 Å². The second kappa shape index (κ2) is 7.15. The zero-order valence-corrected chi connectivity index (χ0v) is 13.5. The largest absolute Gasteiger partial charge is 0.324 e. The Balaban J connectivity index is 1.71. The SMILES string of the molecule is N#Cc1ccc(NC(=O)C2CSCN2C(=O)c2cccnc2)cc1. The van der Waals surface area contributed by atoms with Crippen molar-refractivity contribution in [3.63, 3.8) is 0 Å². The van der Waals surface area contributed by atoms with Crippen LogP contribution >= 0.6 is 11.8 Å². The molecule has 1 aromatic carbocycles. The fourth-order valence-corrected chi connectivity index (χ4v) is 3.52. The molecule has 1 fully saturated rings. The summed E-state index contributed by atoms with van der Waals surface area (Å²) < 4.78 is 0. The average molecular weight is 338 g/mol. The van der Waals surface area contributed by atoms with Crippen molar-refractivity contribution in [3.8, 4) is 6.07 Å². The van der Waals surface area contributed by atoms with Gasteiger partial charge in [0.1, 0.15) is 6.04 Å². The molecule has 1 atom stereocenters. The van der Waals surface area contributed by atoms with E-state index < -0.39 is 6.04 Å². The maximum Gasteiger partial charge on any atom is 0.256 e. The third-order valence-electron chi connectivity index (χ3n) is 3.64. The quantitative estimate of drug-likeness (QED) is 0.926. The topological polar surface area (TPSA) is 86.1 Å². The molecule has 24 heavy (non-hydrogen) atoms. The summed E-state index contributed by atoms with van der Waals surface area (Å²) >= 11 is 1.54. The van der Waals surface area contributed by atoms with Crippen LogP contribution in [-0.2, 0) is 4.79 Å². The number of amides is 2. The lowest BCUT2D eigenvalue weighted by Crippen LogP contribution is -2.44. The summed E-state index contributed by atoms with van der Waals surface area (Å²) in [6.07, 6.45) is 3.10. The van der Waals surface area contributed by atoms with Crippen molar-refractivity contribution in [2.75, 3.05) is 16.9 Å². The van der Waals surface area contributed by atoms with Gasteiger partial charge in [-0.25, -0.2) is 0 Å². The second-order valence-electron chi connectivity index (χ2n) is 5.21. The van der Waals surface area contributed by atoms with Gasteiger partial charge in [0, 0.05) is 23.8 Å². The van der Waals surface area contributed by atoms with Crippen LogP contribution < -0.4 is 5.32 Å². The standard InChI is InChI=1S/C17H14N4O2S/c18-8-12-3-5-14(6-4-12)20-16(22)15-10-24-11-21(15)17(23)13-2-1-7-19-9-13/h1-7,9,15H,10-11H2,(H,20,22). The van der Waals surface area contributed by atoms with Crippen molar-refractivity contribution in [1.29, 1.82) is 5.26 Å². The van der Waals surface area contributed by atoms with Gasteiger partial charge in [-0.2, -0.15) is 5.26 Å². The highest BCUT2D eigenvalue weighted by atomic mass is 32.2. The molecule has 1 aromatic heterocycles. The van der Waals surface area contributed by atoms with E-state index in [0.29, 0.717) is 28.4 Å². The number of anilines is 1. The second-order valence-corrected chi connectivity index (χ2v) is 6.21. The number of rotatable bonds is 3. The molecule has 0 spiro atoms. The number of hydrogen-bond acceptors (Lipinski definition) is 5. The minimum absolute atomic E-state index is 0.201. The van der Waals surface area contributed by atoms with Crippen molar-refractivity contribution in [2.24, 2.45) is 0 Å². The van der Waals surface area contributed by atoms with E-state index in [0.717, 1.165) is 0 Å². The molecule has 2 aromatic rings. The molecule has 1 aliphatic rings. The van der Waals surface area contributed by atoms with E-state index in [1.807, 2.05) is 6.07 Å². The summed E-state index contributed by atoms with van der Waals surface area (Å²) in [7, 11) is 0. The van der Waals surface area contributed by atoms with Gasteiger partial charge in [0.25, 0.3) is 5.91 Å². The predicted molar refractivity (Wildman–Crippen MR) is 91.3 cm³/mol. The minimum Gasteiger partial charge on any atom is -0.324 e. The van der Waals surface area contributed by atoms with Crippen molar-refractivity contribution < 1.29 is 9.59 Å². The number of nitrogens with one attached hydrogen (secondary N) is 1. The molecule has 3 rings (SSSR count). The predicted octanol–water partition coefficient (Wildman–Crippen LogP) is 2.11. The first kappa shape index (κ1) is 16.0. The summed E-state index contributed by atoms with van der Waals surface area (Å²) in [4.78, 5) is 30.6. The first-order chi connectivity index (χ1) is 11.7. The maximum atomic E-state index is 12.6. The first-order valence-corrected chi connectivity index (χ1v) is 8.44. The Morgan fingerprint density at radius 1 is 1.29 bits per heavy atom. The Morgan fingerprint density at radius 2 is 2.08 bits per heavy atom. The van der Waals surface area contributed by atoms with Crippen molar-refractivity contribution in [2.45, 2.75) is 6.04 Å². The first-order valence-electron chi connectivity index (χ1n) is 7.29. The van der Waals surface area contributed by atoms with Gasteiger partial charge in [0.15, 0.2) is 0 Å². The third kappa shape index (κ3) is 3.39. The van der Waals surface area contributed by atoms with Gasteiger partial charge >= 0.3 is 0 Å².